The number of Topliss-reactive ketones (excluding diaryl/α,β-unsaturated/α-hetero) is 1. The Balaban J connectivity index is 2.17. The van der Waals surface area contributed by atoms with Crippen LogP contribution >= 0.6 is 0 Å². The first-order chi connectivity index (χ1) is 9.31. The first-order valence-electron chi connectivity index (χ1n) is 5.97. The van der Waals surface area contributed by atoms with Gasteiger partial charge in [0.1, 0.15) is 0 Å². The van der Waals surface area contributed by atoms with Gasteiger partial charge < -0.3 is 0 Å². The normalized spacial score (nSPS) is 11.8. The number of aryl methyl sites for hydroxylation is 2. The minimum absolute atomic E-state index is 0.259. The van der Waals surface area contributed by atoms with Gasteiger partial charge in [-0.1, -0.05) is 6.92 Å². The molecule has 2 heterocycles. The van der Waals surface area contributed by atoms with Gasteiger partial charge in [0.05, 0.1) is 29.7 Å². The van der Waals surface area contributed by atoms with Crippen LogP contribution in [-0.2, 0) is 20.0 Å². The summed E-state index contributed by atoms with van der Waals surface area (Å²) in [6, 6.07) is 1.85. The molecular weight excluding hydrogens is 273 g/mol. The zero-order chi connectivity index (χ0) is 14.9. The summed E-state index contributed by atoms with van der Waals surface area (Å²) in [6.45, 7) is 2.22. The molecule has 0 aromatic carbocycles. The molecule has 2 rings (SSSR count). The van der Waals surface area contributed by atoms with Crippen molar-refractivity contribution in [2.24, 2.45) is 7.05 Å². The first-order valence-corrected chi connectivity index (χ1v) is 5.97. The Labute approximate surface area is 113 Å². The van der Waals surface area contributed by atoms with E-state index in [0.29, 0.717) is 0 Å². The quantitative estimate of drug-likeness (QED) is 0.807. The maximum atomic E-state index is 12.3. The van der Waals surface area contributed by atoms with Gasteiger partial charge in [0.25, 0.3) is 5.78 Å². The Kier molecular flexibility index (Phi) is 3.65. The van der Waals surface area contributed by atoms with Gasteiger partial charge >= 0.3 is 6.18 Å². The molecule has 0 radical (unpaired) electrons. The van der Waals surface area contributed by atoms with Crippen LogP contribution < -0.4 is 0 Å². The highest BCUT2D eigenvalue weighted by Gasteiger charge is 2.39. The van der Waals surface area contributed by atoms with Crippen LogP contribution in [0.3, 0.4) is 0 Å². The predicted molar refractivity (Wildman–Crippen MR) is 64.3 cm³/mol. The van der Waals surface area contributed by atoms with Crippen LogP contribution in [0.5, 0.6) is 0 Å². The van der Waals surface area contributed by atoms with Crippen LogP contribution in [0.4, 0.5) is 13.2 Å². The number of halogens is 3. The average Bonchev–Trinajstić information content (AvgIpc) is 2.95. The van der Waals surface area contributed by atoms with E-state index < -0.39 is 17.5 Å². The van der Waals surface area contributed by atoms with E-state index >= 15 is 0 Å². The van der Waals surface area contributed by atoms with Gasteiger partial charge in [-0.3, -0.25) is 14.2 Å². The SMILES string of the molecule is CCc1cc(Cn2cc(C(=O)C(F)(F)F)cn2)n(C)n1. The summed E-state index contributed by atoms with van der Waals surface area (Å²) in [7, 11) is 1.75. The number of hydrogen-bond acceptors (Lipinski definition) is 3. The van der Waals surface area contributed by atoms with Crippen LogP contribution in [0.1, 0.15) is 28.7 Å². The zero-order valence-corrected chi connectivity index (χ0v) is 11.0. The number of hydrogen-bond donors (Lipinski definition) is 0. The Morgan fingerprint density at radius 3 is 2.65 bits per heavy atom. The highest BCUT2D eigenvalue weighted by Crippen LogP contribution is 2.21. The third-order valence-corrected chi connectivity index (χ3v) is 2.87. The van der Waals surface area contributed by atoms with Gasteiger partial charge in [-0.25, -0.2) is 0 Å². The topological polar surface area (TPSA) is 52.7 Å². The second-order valence-corrected chi connectivity index (χ2v) is 4.36. The van der Waals surface area contributed by atoms with E-state index in [4.69, 9.17) is 0 Å². The molecule has 0 bridgehead atoms. The smallest absolute Gasteiger partial charge is 0.284 e. The molecule has 0 saturated carbocycles. The largest absolute Gasteiger partial charge is 0.454 e. The van der Waals surface area contributed by atoms with Gasteiger partial charge in [0.2, 0.25) is 0 Å². The summed E-state index contributed by atoms with van der Waals surface area (Å²) in [5.41, 5.74) is 1.23. The molecule has 0 amide bonds. The van der Waals surface area contributed by atoms with Gasteiger partial charge in [-0.05, 0) is 12.5 Å². The van der Waals surface area contributed by atoms with E-state index in [-0.39, 0.29) is 6.54 Å². The van der Waals surface area contributed by atoms with E-state index in [0.717, 1.165) is 30.2 Å². The van der Waals surface area contributed by atoms with Gasteiger partial charge in [0.15, 0.2) is 0 Å². The van der Waals surface area contributed by atoms with Crippen molar-refractivity contribution in [2.45, 2.75) is 26.1 Å². The summed E-state index contributed by atoms with van der Waals surface area (Å²) >= 11 is 0. The van der Waals surface area contributed by atoms with Crippen molar-refractivity contribution < 1.29 is 18.0 Å². The van der Waals surface area contributed by atoms with E-state index in [1.165, 1.54) is 4.68 Å². The molecular formula is C12H13F3N4O. The molecule has 2 aromatic heterocycles. The molecule has 0 aliphatic heterocycles. The number of carbonyl (C=O) groups is 1. The Hall–Kier alpha value is -2.12. The van der Waals surface area contributed by atoms with Crippen LogP contribution in [-0.4, -0.2) is 31.5 Å². The minimum atomic E-state index is -4.88. The number of nitrogens with zero attached hydrogens (tertiary/aromatic N) is 4. The molecule has 0 unspecified atom stereocenters. The van der Waals surface area contributed by atoms with E-state index in [9.17, 15) is 18.0 Å². The third kappa shape index (κ3) is 2.89. The fourth-order valence-corrected chi connectivity index (χ4v) is 1.79. The van der Waals surface area contributed by atoms with Gasteiger partial charge in [-0.15, -0.1) is 0 Å². The summed E-state index contributed by atoms with van der Waals surface area (Å²) in [6.07, 6.45) is -2.10. The number of rotatable bonds is 4. The molecule has 8 heteroatoms. The molecule has 0 atom stereocenters. The van der Waals surface area contributed by atoms with Crippen molar-refractivity contribution in [1.82, 2.24) is 19.6 Å². The molecule has 0 spiro atoms. The van der Waals surface area contributed by atoms with Crippen molar-refractivity contribution in [3.8, 4) is 0 Å². The molecule has 108 valence electrons. The molecule has 0 N–H and O–H groups in total. The maximum absolute atomic E-state index is 12.3. The standard InChI is InChI=1S/C12H13F3N4O/c1-3-9-4-10(18(2)17-9)7-19-6-8(5-16-19)11(20)12(13,14)15/h4-6H,3,7H2,1-2H3. The van der Waals surface area contributed by atoms with Crippen LogP contribution in [0.25, 0.3) is 0 Å². The summed E-state index contributed by atoms with van der Waals surface area (Å²) < 4.78 is 39.8. The van der Waals surface area contributed by atoms with Crippen molar-refractivity contribution in [1.29, 1.82) is 0 Å². The van der Waals surface area contributed by atoms with Crippen molar-refractivity contribution in [3.05, 3.63) is 35.4 Å². The number of alkyl halides is 3. The molecule has 0 aliphatic carbocycles. The molecule has 2 aromatic rings. The molecule has 0 saturated heterocycles. The van der Waals surface area contributed by atoms with Gasteiger partial charge in [0, 0.05) is 13.2 Å². The fourth-order valence-electron chi connectivity index (χ4n) is 1.79. The minimum Gasteiger partial charge on any atom is -0.284 e. The van der Waals surface area contributed by atoms with Crippen molar-refractivity contribution >= 4 is 5.78 Å². The number of ketones is 1. The lowest BCUT2D eigenvalue weighted by molar-refractivity contribution is -0.0885. The Bertz CT molecular complexity index is 627. The highest BCUT2D eigenvalue weighted by molar-refractivity contribution is 5.99. The average molecular weight is 286 g/mol. The number of aromatic nitrogens is 4. The first kappa shape index (κ1) is 14.3. The second-order valence-electron chi connectivity index (χ2n) is 4.36. The summed E-state index contributed by atoms with van der Waals surface area (Å²) in [5, 5.41) is 8.01. The van der Waals surface area contributed by atoms with E-state index in [1.807, 2.05) is 13.0 Å². The zero-order valence-electron chi connectivity index (χ0n) is 11.0. The lowest BCUT2D eigenvalue weighted by Crippen LogP contribution is -2.22. The maximum Gasteiger partial charge on any atom is 0.454 e. The van der Waals surface area contributed by atoms with E-state index in [1.54, 1.807) is 11.7 Å². The lowest BCUT2D eigenvalue weighted by atomic mass is 10.2. The predicted octanol–water partition coefficient (Wildman–Crippen LogP) is 1.97. The van der Waals surface area contributed by atoms with Crippen LogP contribution in [0.2, 0.25) is 0 Å². The summed E-state index contributed by atoms with van der Waals surface area (Å²) in [4.78, 5) is 11.1. The monoisotopic (exact) mass is 286 g/mol. The second kappa shape index (κ2) is 5.10. The highest BCUT2D eigenvalue weighted by atomic mass is 19.4. The lowest BCUT2D eigenvalue weighted by Gasteiger charge is -2.02. The van der Waals surface area contributed by atoms with Crippen LogP contribution in [0.15, 0.2) is 18.5 Å². The Morgan fingerprint density at radius 2 is 2.10 bits per heavy atom. The third-order valence-electron chi connectivity index (χ3n) is 2.87. The number of carbonyl (C=O) groups excluding carboxylic acids is 1. The Morgan fingerprint density at radius 1 is 1.40 bits per heavy atom. The molecule has 20 heavy (non-hydrogen) atoms. The molecule has 0 fully saturated rings. The van der Waals surface area contributed by atoms with Crippen molar-refractivity contribution in [3.63, 3.8) is 0 Å². The summed E-state index contributed by atoms with van der Waals surface area (Å²) in [5.74, 6) is -1.89. The molecule has 0 aliphatic rings. The van der Waals surface area contributed by atoms with Gasteiger partial charge in [-0.2, -0.15) is 23.4 Å². The van der Waals surface area contributed by atoms with E-state index in [2.05, 4.69) is 10.2 Å². The molecule has 5 nitrogen and oxygen atoms in total. The fraction of sp³-hybridized carbons (Fsp3) is 0.417. The van der Waals surface area contributed by atoms with Crippen LogP contribution in [0, 0.1) is 0 Å². The van der Waals surface area contributed by atoms with Crippen molar-refractivity contribution in [2.75, 3.05) is 0 Å².